The van der Waals surface area contributed by atoms with Crippen LogP contribution in [0.1, 0.15) is 19.3 Å². The molecule has 2 bridgehead atoms. The first-order valence-electron chi connectivity index (χ1n) is 6.02. The summed E-state index contributed by atoms with van der Waals surface area (Å²) in [7, 11) is 2.16. The lowest BCUT2D eigenvalue weighted by Gasteiger charge is -2.29. The lowest BCUT2D eigenvalue weighted by Crippen LogP contribution is -2.49. The minimum Gasteiger partial charge on any atom is -0.480 e. The summed E-state index contributed by atoms with van der Waals surface area (Å²) in [5, 5.41) is 9.12. The highest BCUT2D eigenvalue weighted by atomic mass is 16.4. The minimum absolute atomic E-state index is 0.205. The van der Waals surface area contributed by atoms with Crippen molar-refractivity contribution in [2.75, 3.05) is 26.7 Å². The molecule has 0 saturated carbocycles. The van der Waals surface area contributed by atoms with E-state index in [1.807, 2.05) is 4.90 Å². The molecule has 5 heteroatoms. The van der Waals surface area contributed by atoms with E-state index < -0.39 is 12.0 Å². The molecule has 2 heterocycles. The fourth-order valence-corrected chi connectivity index (χ4v) is 3.02. The molecule has 2 aliphatic rings. The van der Waals surface area contributed by atoms with Crippen molar-refractivity contribution in [3.8, 4) is 0 Å². The number of carboxylic acids is 1. The van der Waals surface area contributed by atoms with Gasteiger partial charge in [0.05, 0.1) is 0 Å². The number of carbonyl (C=O) groups is 1. The highest BCUT2D eigenvalue weighted by Crippen LogP contribution is 2.29. The Hall–Kier alpha value is -0.650. The molecule has 2 saturated heterocycles. The molecule has 2 fully saturated rings. The Morgan fingerprint density at radius 1 is 1.44 bits per heavy atom. The highest BCUT2D eigenvalue weighted by molar-refractivity contribution is 5.73. The molecule has 92 valence electrons. The Morgan fingerprint density at radius 2 is 2.12 bits per heavy atom. The Kier molecular flexibility index (Phi) is 3.47. The molecule has 3 atom stereocenters. The van der Waals surface area contributed by atoms with Crippen LogP contribution in [0.5, 0.6) is 0 Å². The maximum Gasteiger partial charge on any atom is 0.322 e. The van der Waals surface area contributed by atoms with E-state index in [0.717, 1.165) is 19.5 Å². The van der Waals surface area contributed by atoms with E-state index in [1.165, 1.54) is 12.8 Å². The molecule has 2 aliphatic heterocycles. The number of nitrogens with zero attached hydrogens (tertiary/aromatic N) is 2. The van der Waals surface area contributed by atoms with Gasteiger partial charge in [0.25, 0.3) is 0 Å². The van der Waals surface area contributed by atoms with E-state index in [-0.39, 0.29) is 6.54 Å². The maximum atomic E-state index is 11.1. The summed E-state index contributed by atoms with van der Waals surface area (Å²) in [4.78, 5) is 15.6. The van der Waals surface area contributed by atoms with Crippen molar-refractivity contribution in [1.82, 2.24) is 9.80 Å². The lowest BCUT2D eigenvalue weighted by molar-refractivity contribution is -0.143. The third-order valence-corrected chi connectivity index (χ3v) is 4.13. The molecule has 16 heavy (non-hydrogen) atoms. The summed E-state index contributed by atoms with van der Waals surface area (Å²) >= 11 is 0. The summed E-state index contributed by atoms with van der Waals surface area (Å²) in [5.41, 5.74) is 5.55. The van der Waals surface area contributed by atoms with Crippen LogP contribution in [0.4, 0.5) is 0 Å². The lowest BCUT2D eigenvalue weighted by atomic mass is 10.1. The second-order valence-corrected chi connectivity index (χ2v) is 4.92. The van der Waals surface area contributed by atoms with Crippen LogP contribution >= 0.6 is 0 Å². The van der Waals surface area contributed by atoms with E-state index in [4.69, 9.17) is 10.8 Å². The van der Waals surface area contributed by atoms with Crippen LogP contribution in [0.25, 0.3) is 0 Å². The van der Waals surface area contributed by atoms with Crippen LogP contribution in [0.15, 0.2) is 0 Å². The number of hydrogen-bond acceptors (Lipinski definition) is 4. The molecular weight excluding hydrogens is 206 g/mol. The van der Waals surface area contributed by atoms with Crippen LogP contribution in [-0.2, 0) is 4.79 Å². The second-order valence-electron chi connectivity index (χ2n) is 4.92. The molecule has 3 N–H and O–H groups in total. The fourth-order valence-electron chi connectivity index (χ4n) is 3.02. The standard InChI is InChI=1S/C11H21N3O2/c1-13-8-2-3-9(13)7-14(5-4-8)10(6-12)11(15)16/h8-10H,2-7,12H2,1H3,(H,15,16). The molecule has 0 aliphatic carbocycles. The number of fused-ring (bicyclic) bond motifs is 2. The topological polar surface area (TPSA) is 69.8 Å². The SMILES string of the molecule is CN1C2CCC1CN(C(CN)C(=O)O)CC2. The predicted octanol–water partition coefficient (Wildman–Crippen LogP) is -0.433. The van der Waals surface area contributed by atoms with Crippen molar-refractivity contribution >= 4 is 5.97 Å². The Labute approximate surface area is 96.2 Å². The largest absolute Gasteiger partial charge is 0.480 e. The zero-order valence-electron chi connectivity index (χ0n) is 9.80. The zero-order chi connectivity index (χ0) is 11.7. The van der Waals surface area contributed by atoms with Gasteiger partial charge in [-0.05, 0) is 26.3 Å². The second kappa shape index (κ2) is 4.69. The fraction of sp³-hybridized carbons (Fsp3) is 0.909. The Balaban J connectivity index is 2.05. The molecule has 2 rings (SSSR count). The number of carboxylic acid groups (broad SMARTS) is 1. The molecule has 5 nitrogen and oxygen atoms in total. The molecule has 0 spiro atoms. The van der Waals surface area contributed by atoms with E-state index >= 15 is 0 Å². The summed E-state index contributed by atoms with van der Waals surface area (Å²) < 4.78 is 0. The summed E-state index contributed by atoms with van der Waals surface area (Å²) in [5.74, 6) is -0.789. The highest BCUT2D eigenvalue weighted by Gasteiger charge is 2.37. The van der Waals surface area contributed by atoms with Gasteiger partial charge in [-0.3, -0.25) is 14.6 Å². The number of nitrogens with two attached hydrogens (primary N) is 1. The molecule has 0 amide bonds. The van der Waals surface area contributed by atoms with Crippen molar-refractivity contribution in [3.63, 3.8) is 0 Å². The Bertz CT molecular complexity index is 272. The average molecular weight is 227 g/mol. The van der Waals surface area contributed by atoms with E-state index in [1.54, 1.807) is 0 Å². The van der Waals surface area contributed by atoms with Crippen LogP contribution < -0.4 is 5.73 Å². The third-order valence-electron chi connectivity index (χ3n) is 4.13. The molecule has 0 aromatic carbocycles. The van der Waals surface area contributed by atoms with Crippen LogP contribution in [0.3, 0.4) is 0 Å². The van der Waals surface area contributed by atoms with Crippen molar-refractivity contribution in [2.45, 2.75) is 37.4 Å². The smallest absolute Gasteiger partial charge is 0.322 e. The number of likely N-dealkylation sites (tertiary alicyclic amines) is 1. The first-order valence-corrected chi connectivity index (χ1v) is 6.02. The van der Waals surface area contributed by atoms with Gasteiger partial charge in [-0.2, -0.15) is 0 Å². The third kappa shape index (κ3) is 2.07. The monoisotopic (exact) mass is 227 g/mol. The minimum atomic E-state index is -0.789. The van der Waals surface area contributed by atoms with Gasteiger partial charge < -0.3 is 10.8 Å². The van der Waals surface area contributed by atoms with Gasteiger partial charge in [-0.25, -0.2) is 0 Å². The van der Waals surface area contributed by atoms with Crippen molar-refractivity contribution in [1.29, 1.82) is 0 Å². The summed E-state index contributed by atoms with van der Waals surface area (Å²) in [6, 6.07) is 0.649. The van der Waals surface area contributed by atoms with Gasteiger partial charge in [0.1, 0.15) is 6.04 Å². The van der Waals surface area contributed by atoms with Crippen molar-refractivity contribution < 1.29 is 9.90 Å². The molecule has 0 aromatic heterocycles. The number of rotatable bonds is 3. The first kappa shape index (κ1) is 11.8. The molecule has 0 aromatic rings. The van der Waals surface area contributed by atoms with Gasteiger partial charge >= 0.3 is 5.97 Å². The van der Waals surface area contributed by atoms with E-state index in [2.05, 4.69) is 11.9 Å². The zero-order valence-corrected chi connectivity index (χ0v) is 9.80. The molecular formula is C11H21N3O2. The molecule has 0 radical (unpaired) electrons. The van der Waals surface area contributed by atoms with Gasteiger partial charge in [-0.1, -0.05) is 0 Å². The number of aliphatic carboxylic acids is 1. The quantitative estimate of drug-likeness (QED) is 0.684. The Morgan fingerprint density at radius 3 is 2.75 bits per heavy atom. The number of likely N-dealkylation sites (N-methyl/N-ethyl adjacent to an activating group) is 1. The van der Waals surface area contributed by atoms with E-state index in [9.17, 15) is 4.79 Å². The van der Waals surface area contributed by atoms with Crippen LogP contribution in [0, 0.1) is 0 Å². The van der Waals surface area contributed by atoms with Crippen LogP contribution in [-0.4, -0.2) is 65.7 Å². The van der Waals surface area contributed by atoms with Gasteiger partial charge in [0.15, 0.2) is 0 Å². The summed E-state index contributed by atoms with van der Waals surface area (Å²) in [6.45, 7) is 1.91. The van der Waals surface area contributed by atoms with Gasteiger partial charge in [-0.15, -0.1) is 0 Å². The van der Waals surface area contributed by atoms with E-state index in [0.29, 0.717) is 12.1 Å². The number of hydrogen-bond donors (Lipinski definition) is 2. The average Bonchev–Trinajstić information content (AvgIpc) is 2.45. The van der Waals surface area contributed by atoms with Gasteiger partial charge in [0, 0.05) is 31.7 Å². The molecule has 3 unspecified atom stereocenters. The van der Waals surface area contributed by atoms with Crippen LogP contribution in [0.2, 0.25) is 0 Å². The van der Waals surface area contributed by atoms with Crippen molar-refractivity contribution in [2.24, 2.45) is 5.73 Å². The predicted molar refractivity (Wildman–Crippen MR) is 61.2 cm³/mol. The normalized spacial score (nSPS) is 33.6. The van der Waals surface area contributed by atoms with Gasteiger partial charge in [0.2, 0.25) is 0 Å². The first-order chi connectivity index (χ1) is 7.63. The summed E-state index contributed by atoms with van der Waals surface area (Å²) in [6.07, 6.45) is 3.51. The van der Waals surface area contributed by atoms with Crippen molar-refractivity contribution in [3.05, 3.63) is 0 Å². The maximum absolute atomic E-state index is 11.1.